The fourth-order valence-electron chi connectivity index (χ4n) is 3.44. The van der Waals surface area contributed by atoms with Crippen molar-refractivity contribution in [3.8, 4) is 5.75 Å². The second-order valence-corrected chi connectivity index (χ2v) is 8.04. The van der Waals surface area contributed by atoms with Crippen molar-refractivity contribution in [3.05, 3.63) is 47.4 Å². The molecule has 3 unspecified atom stereocenters. The predicted octanol–water partition coefficient (Wildman–Crippen LogP) is 2.51. The molecule has 1 aromatic carbocycles. The molecule has 134 valence electrons. The lowest BCUT2D eigenvalue weighted by Crippen LogP contribution is -2.41. The van der Waals surface area contributed by atoms with E-state index in [1.54, 1.807) is 31.4 Å². The van der Waals surface area contributed by atoms with Gasteiger partial charge in [0.1, 0.15) is 5.75 Å². The Labute approximate surface area is 148 Å². The van der Waals surface area contributed by atoms with Gasteiger partial charge in [-0.2, -0.15) is 0 Å². The van der Waals surface area contributed by atoms with E-state index in [4.69, 9.17) is 4.74 Å². The molecule has 0 spiro atoms. The molecular formula is C18H22N2O4S. The van der Waals surface area contributed by atoms with Crippen LogP contribution in [0.25, 0.3) is 6.08 Å². The molecule has 1 saturated carbocycles. The number of benzene rings is 1. The van der Waals surface area contributed by atoms with Crippen LogP contribution in [0.15, 0.2) is 41.8 Å². The molecule has 0 aliphatic heterocycles. The lowest BCUT2D eigenvalue weighted by Gasteiger charge is -2.18. The number of amides is 2. The summed E-state index contributed by atoms with van der Waals surface area (Å²) in [5.41, 5.74) is 0.695. The number of rotatable bonds is 6. The number of nitrogens with one attached hydrogen (secondary N) is 2. The molecule has 25 heavy (non-hydrogen) atoms. The Morgan fingerprint density at radius 2 is 2.00 bits per heavy atom. The van der Waals surface area contributed by atoms with Gasteiger partial charge in [-0.05, 0) is 54.4 Å². The van der Waals surface area contributed by atoms with Crippen LogP contribution >= 0.6 is 0 Å². The highest BCUT2D eigenvalue weighted by Crippen LogP contribution is 2.42. The molecule has 0 radical (unpaired) electrons. The molecule has 2 aliphatic rings. The third-order valence-electron chi connectivity index (χ3n) is 4.73. The number of hydrogen-bond donors (Lipinski definition) is 2. The first-order valence-corrected chi connectivity index (χ1v) is 9.81. The van der Waals surface area contributed by atoms with Crippen molar-refractivity contribution in [1.29, 1.82) is 0 Å². The predicted molar refractivity (Wildman–Crippen MR) is 96.3 cm³/mol. The van der Waals surface area contributed by atoms with Crippen LogP contribution in [-0.2, 0) is 10.0 Å². The lowest BCUT2D eigenvalue weighted by atomic mass is 9.94. The van der Waals surface area contributed by atoms with Crippen LogP contribution in [0.1, 0.15) is 18.4 Å². The van der Waals surface area contributed by atoms with Gasteiger partial charge in [-0.3, -0.25) is 0 Å². The average Bonchev–Trinajstić information content (AvgIpc) is 3.21. The van der Waals surface area contributed by atoms with Crippen molar-refractivity contribution in [2.75, 3.05) is 13.7 Å². The van der Waals surface area contributed by atoms with Crippen LogP contribution in [0, 0.1) is 17.8 Å². The standard InChI is InChI=1S/C18H22N2O4S/c1-24-17-6-3-13(4-7-17)8-9-25(22,23)20-18(21)19-12-16-11-14-2-5-15(16)10-14/h2-9,14-16H,10-12H2,1H3,(H2,19,20,21)/b9-8+. The average molecular weight is 362 g/mol. The minimum Gasteiger partial charge on any atom is -0.497 e. The first-order chi connectivity index (χ1) is 11.9. The van der Waals surface area contributed by atoms with Crippen LogP contribution < -0.4 is 14.8 Å². The molecule has 2 N–H and O–H groups in total. The fourth-order valence-corrected chi connectivity index (χ4v) is 4.17. The number of ether oxygens (including phenoxy) is 1. The van der Waals surface area contributed by atoms with E-state index >= 15 is 0 Å². The maximum atomic E-state index is 12.0. The molecule has 6 nitrogen and oxygen atoms in total. The summed E-state index contributed by atoms with van der Waals surface area (Å²) in [5.74, 6) is 2.22. The molecule has 0 saturated heterocycles. The van der Waals surface area contributed by atoms with Crippen LogP contribution in [-0.4, -0.2) is 28.1 Å². The summed E-state index contributed by atoms with van der Waals surface area (Å²) in [4.78, 5) is 11.8. The van der Waals surface area contributed by atoms with E-state index in [1.165, 1.54) is 6.08 Å². The van der Waals surface area contributed by atoms with E-state index < -0.39 is 16.1 Å². The first kappa shape index (κ1) is 17.5. The van der Waals surface area contributed by atoms with Crippen molar-refractivity contribution in [2.45, 2.75) is 12.8 Å². The van der Waals surface area contributed by atoms with Crippen molar-refractivity contribution in [2.24, 2.45) is 17.8 Å². The molecule has 2 bridgehead atoms. The molecule has 3 atom stereocenters. The third kappa shape index (κ3) is 4.63. The Kier molecular flexibility index (Phi) is 5.13. The van der Waals surface area contributed by atoms with Gasteiger partial charge < -0.3 is 10.1 Å². The maximum absolute atomic E-state index is 12.0. The zero-order valence-corrected chi connectivity index (χ0v) is 14.8. The molecule has 1 fully saturated rings. The molecule has 7 heteroatoms. The number of urea groups is 1. The monoisotopic (exact) mass is 362 g/mol. The summed E-state index contributed by atoms with van der Waals surface area (Å²) in [6.45, 7) is 0.495. The van der Waals surface area contributed by atoms with Crippen LogP contribution in [0.5, 0.6) is 5.75 Å². The Hall–Kier alpha value is -2.28. The van der Waals surface area contributed by atoms with E-state index in [0.29, 0.717) is 35.6 Å². The fraction of sp³-hybridized carbons (Fsp3) is 0.389. The van der Waals surface area contributed by atoms with Gasteiger partial charge in [0.25, 0.3) is 10.0 Å². The van der Waals surface area contributed by atoms with E-state index in [-0.39, 0.29) is 0 Å². The van der Waals surface area contributed by atoms with Crippen molar-refractivity contribution in [1.82, 2.24) is 10.0 Å². The number of sulfonamides is 1. The van der Waals surface area contributed by atoms with E-state index in [1.807, 2.05) is 4.72 Å². The Morgan fingerprint density at radius 1 is 1.24 bits per heavy atom. The summed E-state index contributed by atoms with van der Waals surface area (Å²) in [6.07, 6.45) is 8.07. The number of fused-ring (bicyclic) bond motifs is 2. The molecule has 3 rings (SSSR count). The van der Waals surface area contributed by atoms with E-state index in [2.05, 4.69) is 17.5 Å². The minimum absolute atomic E-state index is 0.401. The number of carbonyl (C=O) groups excluding carboxylic acids is 1. The number of carbonyl (C=O) groups is 1. The largest absolute Gasteiger partial charge is 0.497 e. The Balaban J connectivity index is 1.49. The van der Waals surface area contributed by atoms with Gasteiger partial charge >= 0.3 is 6.03 Å². The molecular weight excluding hydrogens is 340 g/mol. The molecule has 0 heterocycles. The van der Waals surface area contributed by atoms with Gasteiger partial charge in [0.05, 0.1) is 12.5 Å². The Morgan fingerprint density at radius 3 is 2.60 bits per heavy atom. The highest BCUT2D eigenvalue weighted by molar-refractivity contribution is 7.93. The summed E-state index contributed by atoms with van der Waals surface area (Å²) >= 11 is 0. The Bertz CT molecular complexity index is 784. The lowest BCUT2D eigenvalue weighted by molar-refractivity contribution is 0.243. The van der Waals surface area contributed by atoms with Crippen molar-refractivity contribution < 1.29 is 17.9 Å². The molecule has 2 aliphatic carbocycles. The normalized spacial score (nSPS) is 24.6. The molecule has 0 aromatic heterocycles. The number of hydrogen-bond acceptors (Lipinski definition) is 4. The van der Waals surface area contributed by atoms with Crippen molar-refractivity contribution >= 4 is 22.1 Å². The second-order valence-electron chi connectivity index (χ2n) is 6.47. The van der Waals surface area contributed by atoms with Gasteiger partial charge in [-0.25, -0.2) is 17.9 Å². The summed E-state index contributed by atoms with van der Waals surface area (Å²) < 4.78 is 31.0. The van der Waals surface area contributed by atoms with Crippen LogP contribution in [0.4, 0.5) is 4.79 Å². The molecule has 2 amide bonds. The first-order valence-electron chi connectivity index (χ1n) is 8.26. The smallest absolute Gasteiger partial charge is 0.328 e. The zero-order valence-electron chi connectivity index (χ0n) is 14.0. The number of allylic oxidation sites excluding steroid dienone is 2. The zero-order chi connectivity index (χ0) is 17.9. The van der Waals surface area contributed by atoms with Gasteiger partial charge in [0.15, 0.2) is 0 Å². The molecule has 1 aromatic rings. The quantitative estimate of drug-likeness (QED) is 0.762. The van der Waals surface area contributed by atoms with Gasteiger partial charge in [-0.1, -0.05) is 24.3 Å². The SMILES string of the molecule is COc1ccc(/C=C/S(=O)(=O)NC(=O)NCC2CC3C=CC2C3)cc1. The van der Waals surface area contributed by atoms with Crippen LogP contribution in [0.3, 0.4) is 0 Å². The van der Waals surface area contributed by atoms with E-state index in [9.17, 15) is 13.2 Å². The summed E-state index contributed by atoms with van der Waals surface area (Å²) in [6, 6.07) is 6.24. The summed E-state index contributed by atoms with van der Waals surface area (Å²) in [7, 11) is -2.28. The second kappa shape index (κ2) is 7.31. The third-order valence-corrected chi connectivity index (χ3v) is 5.70. The van der Waals surface area contributed by atoms with Gasteiger partial charge in [0, 0.05) is 6.54 Å². The van der Waals surface area contributed by atoms with Crippen LogP contribution in [0.2, 0.25) is 0 Å². The number of methoxy groups -OCH3 is 1. The van der Waals surface area contributed by atoms with Gasteiger partial charge in [-0.15, -0.1) is 0 Å². The topological polar surface area (TPSA) is 84.5 Å². The highest BCUT2D eigenvalue weighted by atomic mass is 32.2. The van der Waals surface area contributed by atoms with Gasteiger partial charge in [0.2, 0.25) is 0 Å². The maximum Gasteiger partial charge on any atom is 0.328 e. The van der Waals surface area contributed by atoms with E-state index in [0.717, 1.165) is 18.2 Å². The minimum atomic E-state index is -3.84. The highest BCUT2D eigenvalue weighted by Gasteiger charge is 2.35. The summed E-state index contributed by atoms with van der Waals surface area (Å²) in [5, 5.41) is 3.65. The van der Waals surface area contributed by atoms with Crippen molar-refractivity contribution in [3.63, 3.8) is 0 Å².